The number of nitrogens with one attached hydrogen (secondary N) is 1. The van der Waals surface area contributed by atoms with Crippen LogP contribution in [0, 0.1) is 0 Å². The number of nitrogens with zero attached hydrogens (tertiary/aromatic N) is 2. The highest BCUT2D eigenvalue weighted by Crippen LogP contribution is 2.25. The highest BCUT2D eigenvalue weighted by atomic mass is 15.1. The molecule has 0 aromatic carbocycles. The van der Waals surface area contributed by atoms with Crippen LogP contribution in [0.25, 0.3) is 0 Å². The summed E-state index contributed by atoms with van der Waals surface area (Å²) in [6.45, 7) is 7.15. The largest absolute Gasteiger partial charge is 0.330 e. The van der Waals surface area contributed by atoms with Gasteiger partial charge in [0.05, 0.1) is 12.0 Å². The van der Waals surface area contributed by atoms with Gasteiger partial charge in [0.15, 0.2) is 0 Å². The maximum atomic E-state index is 4.29. The molecule has 16 heavy (non-hydrogen) atoms. The molecule has 0 saturated carbocycles. The number of hydrogen-bond acceptors (Lipinski definition) is 2. The lowest BCUT2D eigenvalue weighted by Crippen LogP contribution is -2.29. The van der Waals surface area contributed by atoms with Crippen LogP contribution in [-0.2, 0) is 0 Å². The van der Waals surface area contributed by atoms with E-state index >= 15 is 0 Å². The molecule has 1 aliphatic rings. The Labute approximate surface area is 97.6 Å². The normalized spacial score (nSPS) is 22.9. The van der Waals surface area contributed by atoms with Gasteiger partial charge in [-0.1, -0.05) is 12.5 Å². The topological polar surface area (TPSA) is 29.9 Å². The molecule has 3 nitrogen and oxygen atoms in total. The molecule has 0 aliphatic carbocycles. The third kappa shape index (κ3) is 2.35. The zero-order chi connectivity index (χ0) is 11.4. The van der Waals surface area contributed by atoms with Crippen LogP contribution in [0.1, 0.15) is 50.4 Å². The van der Waals surface area contributed by atoms with Gasteiger partial charge in [0.25, 0.3) is 0 Å². The second-order valence-electron chi connectivity index (χ2n) is 4.60. The Bertz CT molecular complexity index is 337. The fourth-order valence-electron chi connectivity index (χ4n) is 2.41. The van der Waals surface area contributed by atoms with Crippen LogP contribution in [0.5, 0.6) is 0 Å². The van der Waals surface area contributed by atoms with Crippen LogP contribution in [0.2, 0.25) is 0 Å². The average molecular weight is 219 g/mol. The Morgan fingerprint density at radius 2 is 2.56 bits per heavy atom. The summed E-state index contributed by atoms with van der Waals surface area (Å²) in [5.74, 6) is 0. The monoisotopic (exact) mass is 219 g/mol. The first-order valence-electron chi connectivity index (χ1n) is 6.19. The summed E-state index contributed by atoms with van der Waals surface area (Å²) in [6, 6.07) is 0.947. The van der Waals surface area contributed by atoms with E-state index in [2.05, 4.69) is 28.4 Å². The van der Waals surface area contributed by atoms with Crippen molar-refractivity contribution < 1.29 is 0 Å². The molecule has 2 heterocycles. The number of aromatic nitrogens is 2. The van der Waals surface area contributed by atoms with Crippen LogP contribution in [-0.4, -0.2) is 16.1 Å². The van der Waals surface area contributed by atoms with Crippen LogP contribution in [0.3, 0.4) is 0 Å². The summed E-state index contributed by atoms with van der Waals surface area (Å²) in [6.07, 6.45) is 10.8. The molecule has 1 N–H and O–H groups in total. The van der Waals surface area contributed by atoms with E-state index in [0.29, 0.717) is 12.1 Å². The Balaban J connectivity index is 2.13. The van der Waals surface area contributed by atoms with Gasteiger partial charge in [-0.3, -0.25) is 0 Å². The lowest BCUT2D eigenvalue weighted by molar-refractivity contribution is 0.383. The molecule has 1 aromatic heterocycles. The second-order valence-corrected chi connectivity index (χ2v) is 4.60. The van der Waals surface area contributed by atoms with E-state index in [1.807, 2.05) is 18.6 Å². The second kappa shape index (κ2) is 5.30. The summed E-state index contributed by atoms with van der Waals surface area (Å²) >= 11 is 0. The lowest BCUT2D eigenvalue weighted by Gasteiger charge is -2.26. The summed E-state index contributed by atoms with van der Waals surface area (Å²) < 4.78 is 2.28. The molecule has 1 fully saturated rings. The average Bonchev–Trinajstić information content (AvgIpc) is 2.79. The minimum Gasteiger partial charge on any atom is -0.330 e. The van der Waals surface area contributed by atoms with E-state index in [0.717, 1.165) is 13.0 Å². The van der Waals surface area contributed by atoms with Gasteiger partial charge in [0.1, 0.15) is 0 Å². The minimum atomic E-state index is 0.457. The first-order chi connectivity index (χ1) is 7.83. The molecule has 0 bridgehead atoms. The van der Waals surface area contributed by atoms with Gasteiger partial charge in [-0.25, -0.2) is 4.98 Å². The van der Waals surface area contributed by atoms with Crippen molar-refractivity contribution in [3.63, 3.8) is 0 Å². The van der Waals surface area contributed by atoms with Gasteiger partial charge in [0, 0.05) is 18.3 Å². The Hall–Kier alpha value is -1.09. The van der Waals surface area contributed by atoms with Crippen LogP contribution < -0.4 is 5.32 Å². The molecule has 0 spiro atoms. The van der Waals surface area contributed by atoms with Crippen molar-refractivity contribution in [3.05, 3.63) is 30.9 Å². The van der Waals surface area contributed by atoms with Crippen LogP contribution >= 0.6 is 0 Å². The van der Waals surface area contributed by atoms with Gasteiger partial charge in [-0.15, -0.1) is 6.58 Å². The van der Waals surface area contributed by atoms with Gasteiger partial charge < -0.3 is 9.88 Å². The molecule has 2 unspecified atom stereocenters. The van der Waals surface area contributed by atoms with Crippen LogP contribution in [0.4, 0.5) is 0 Å². The molecular weight excluding hydrogens is 198 g/mol. The molecule has 1 saturated heterocycles. The summed E-state index contributed by atoms with van der Waals surface area (Å²) in [5, 5.41) is 3.57. The standard InChI is InChI=1S/C13H21N3/c1-3-6-11(2)16-10-14-9-13(16)12-7-4-5-8-15-12/h3,9-12,15H,1,4-8H2,2H3. The highest BCUT2D eigenvalue weighted by Gasteiger charge is 2.19. The summed E-state index contributed by atoms with van der Waals surface area (Å²) in [5.41, 5.74) is 1.33. The van der Waals surface area contributed by atoms with Crippen molar-refractivity contribution >= 4 is 0 Å². The van der Waals surface area contributed by atoms with Crippen molar-refractivity contribution in [1.29, 1.82) is 0 Å². The van der Waals surface area contributed by atoms with Gasteiger partial charge in [-0.2, -0.15) is 0 Å². The molecule has 1 aromatic rings. The zero-order valence-electron chi connectivity index (χ0n) is 10.0. The van der Waals surface area contributed by atoms with Gasteiger partial charge in [0.2, 0.25) is 0 Å². The van der Waals surface area contributed by atoms with E-state index in [1.165, 1.54) is 25.0 Å². The first-order valence-corrected chi connectivity index (χ1v) is 6.19. The van der Waals surface area contributed by atoms with Crippen molar-refractivity contribution in [1.82, 2.24) is 14.9 Å². The SMILES string of the molecule is C=CCC(C)n1cncc1C1CCCCN1. The number of piperidine rings is 1. The molecule has 0 amide bonds. The van der Waals surface area contributed by atoms with Crippen molar-refractivity contribution in [2.75, 3.05) is 6.54 Å². The third-order valence-electron chi connectivity index (χ3n) is 3.35. The Kier molecular flexibility index (Phi) is 3.78. The Morgan fingerprint density at radius 3 is 3.25 bits per heavy atom. The van der Waals surface area contributed by atoms with Crippen molar-refractivity contribution in [2.45, 2.75) is 44.7 Å². The molecule has 0 radical (unpaired) electrons. The Morgan fingerprint density at radius 1 is 1.69 bits per heavy atom. The third-order valence-corrected chi connectivity index (χ3v) is 3.35. The van der Waals surface area contributed by atoms with E-state index in [1.54, 1.807) is 0 Å². The van der Waals surface area contributed by atoms with Gasteiger partial charge in [-0.05, 0) is 32.7 Å². The quantitative estimate of drug-likeness (QED) is 0.789. The van der Waals surface area contributed by atoms with E-state index in [-0.39, 0.29) is 0 Å². The van der Waals surface area contributed by atoms with E-state index in [4.69, 9.17) is 0 Å². The summed E-state index contributed by atoms with van der Waals surface area (Å²) in [4.78, 5) is 4.29. The maximum Gasteiger partial charge on any atom is 0.0951 e. The molecule has 88 valence electrons. The lowest BCUT2D eigenvalue weighted by atomic mass is 10.0. The minimum absolute atomic E-state index is 0.457. The predicted octanol–water partition coefficient (Wildman–Crippen LogP) is 2.83. The predicted molar refractivity (Wildman–Crippen MR) is 66.3 cm³/mol. The summed E-state index contributed by atoms with van der Waals surface area (Å²) in [7, 11) is 0. The van der Waals surface area contributed by atoms with Crippen LogP contribution in [0.15, 0.2) is 25.2 Å². The molecule has 3 heteroatoms. The molecular formula is C13H21N3. The van der Waals surface area contributed by atoms with Crippen molar-refractivity contribution in [3.8, 4) is 0 Å². The fraction of sp³-hybridized carbons (Fsp3) is 0.615. The van der Waals surface area contributed by atoms with Gasteiger partial charge >= 0.3 is 0 Å². The first kappa shape index (κ1) is 11.4. The molecule has 1 aliphatic heterocycles. The van der Waals surface area contributed by atoms with E-state index < -0.39 is 0 Å². The highest BCUT2D eigenvalue weighted by molar-refractivity contribution is 5.08. The van der Waals surface area contributed by atoms with Crippen molar-refractivity contribution in [2.24, 2.45) is 0 Å². The maximum absolute atomic E-state index is 4.29. The number of hydrogen-bond donors (Lipinski definition) is 1. The smallest absolute Gasteiger partial charge is 0.0951 e. The fourth-order valence-corrected chi connectivity index (χ4v) is 2.41. The van der Waals surface area contributed by atoms with E-state index in [9.17, 15) is 0 Å². The number of imidazole rings is 1. The number of allylic oxidation sites excluding steroid dienone is 1. The molecule has 2 rings (SSSR count). The zero-order valence-corrected chi connectivity index (χ0v) is 10.0. The molecule has 2 atom stereocenters. The number of rotatable bonds is 4.